The van der Waals surface area contributed by atoms with Gasteiger partial charge in [-0.25, -0.2) is 0 Å². The normalized spacial score (nSPS) is 28.2. The number of hydrogen-bond donors (Lipinski definition) is 0. The molecular formula is C20H22N4O2. The highest BCUT2D eigenvalue weighted by Gasteiger charge is 2.44. The molecule has 3 atom stereocenters. The molecule has 4 heterocycles. The summed E-state index contributed by atoms with van der Waals surface area (Å²) in [5, 5.41) is 0. The van der Waals surface area contributed by atoms with Crippen LogP contribution in [-0.2, 0) is 4.79 Å². The van der Waals surface area contributed by atoms with Crippen molar-refractivity contribution in [2.24, 2.45) is 11.8 Å². The second kappa shape index (κ2) is 6.04. The van der Waals surface area contributed by atoms with E-state index in [-0.39, 0.29) is 5.91 Å². The summed E-state index contributed by atoms with van der Waals surface area (Å²) >= 11 is 0. The summed E-state index contributed by atoms with van der Waals surface area (Å²) in [4.78, 5) is 38.3. The van der Waals surface area contributed by atoms with Gasteiger partial charge in [-0.2, -0.15) is 0 Å². The maximum Gasteiger partial charge on any atom is 0.256 e. The molecule has 3 saturated heterocycles. The number of carbonyl (C=O) groups excluding carboxylic acids is 2. The van der Waals surface area contributed by atoms with E-state index in [1.54, 1.807) is 12.4 Å². The lowest BCUT2D eigenvalue weighted by Crippen LogP contribution is -2.61. The van der Waals surface area contributed by atoms with E-state index >= 15 is 0 Å². The summed E-state index contributed by atoms with van der Waals surface area (Å²) in [5.41, 5.74) is 2.05. The summed E-state index contributed by atoms with van der Waals surface area (Å²) in [6, 6.07) is 5.92. The molecule has 26 heavy (non-hydrogen) atoms. The molecule has 2 bridgehead atoms. The predicted octanol–water partition coefficient (Wildman–Crippen LogP) is 2.10. The minimum Gasteiger partial charge on any atom is -0.339 e. The Morgan fingerprint density at radius 3 is 2.92 bits per heavy atom. The number of hydrogen-bond acceptors (Lipinski definition) is 4. The molecule has 0 aliphatic carbocycles. The van der Waals surface area contributed by atoms with Crippen LogP contribution < -0.4 is 0 Å². The minimum absolute atomic E-state index is 0.0429. The summed E-state index contributed by atoms with van der Waals surface area (Å²) < 4.78 is 0. The Bertz CT molecular complexity index is 878. The fraction of sp³-hybridized carbons (Fsp3) is 0.500. The van der Waals surface area contributed by atoms with Gasteiger partial charge < -0.3 is 9.80 Å². The molecule has 1 aromatic carbocycles. The van der Waals surface area contributed by atoms with Crippen molar-refractivity contribution in [3.8, 4) is 0 Å². The first kappa shape index (κ1) is 15.7. The van der Waals surface area contributed by atoms with Crippen LogP contribution in [0.1, 0.15) is 36.0 Å². The van der Waals surface area contributed by atoms with Crippen molar-refractivity contribution in [1.29, 1.82) is 0 Å². The van der Waals surface area contributed by atoms with E-state index < -0.39 is 0 Å². The van der Waals surface area contributed by atoms with Crippen LogP contribution in [0.25, 0.3) is 11.0 Å². The van der Waals surface area contributed by atoms with Gasteiger partial charge in [0, 0.05) is 44.5 Å². The first-order valence-electron chi connectivity index (χ1n) is 9.49. The molecule has 0 saturated carbocycles. The summed E-state index contributed by atoms with van der Waals surface area (Å²) in [6.07, 6.45) is 7.16. The number of fused-ring (bicyclic) bond motifs is 5. The predicted molar refractivity (Wildman–Crippen MR) is 96.4 cm³/mol. The standard InChI is InChI=1S/C20H22N4O2/c25-18-6-2-5-17-14-9-13(11-24(17)18)10-23(12-14)20(26)15-3-1-4-16-19(15)22-8-7-21-16/h1,3-4,7-8,13-14,17H,2,5-6,9-12H2/t13-,14-,17+/m1/s1. The van der Waals surface area contributed by atoms with Gasteiger partial charge in [-0.3, -0.25) is 19.6 Å². The van der Waals surface area contributed by atoms with Crippen LogP contribution in [0.4, 0.5) is 0 Å². The number of nitrogens with zero attached hydrogens (tertiary/aromatic N) is 4. The Labute approximate surface area is 152 Å². The molecule has 0 spiro atoms. The summed E-state index contributed by atoms with van der Waals surface area (Å²) in [5.74, 6) is 1.13. The molecule has 3 aliphatic heterocycles. The van der Waals surface area contributed by atoms with Gasteiger partial charge >= 0.3 is 0 Å². The van der Waals surface area contributed by atoms with Crippen LogP contribution in [0.2, 0.25) is 0 Å². The Hall–Kier alpha value is -2.50. The Morgan fingerprint density at radius 2 is 2.00 bits per heavy atom. The van der Waals surface area contributed by atoms with Crippen LogP contribution in [0.5, 0.6) is 0 Å². The van der Waals surface area contributed by atoms with Gasteiger partial charge in [0.25, 0.3) is 5.91 Å². The average Bonchev–Trinajstić information content (AvgIpc) is 2.68. The number of likely N-dealkylation sites (tertiary alicyclic amines) is 1. The van der Waals surface area contributed by atoms with Crippen LogP contribution >= 0.6 is 0 Å². The average molecular weight is 350 g/mol. The van der Waals surface area contributed by atoms with E-state index in [1.165, 1.54) is 0 Å². The SMILES string of the molecule is O=C(c1cccc2nccnc12)N1C[C@H]2C[C@H](C1)[C@@H]1CCCC(=O)N1C2. The number of carbonyl (C=O) groups is 2. The van der Waals surface area contributed by atoms with Crippen molar-refractivity contribution < 1.29 is 9.59 Å². The second-order valence-corrected chi connectivity index (χ2v) is 7.81. The summed E-state index contributed by atoms with van der Waals surface area (Å²) in [6.45, 7) is 2.27. The van der Waals surface area contributed by atoms with Crippen molar-refractivity contribution in [3.05, 3.63) is 36.2 Å². The van der Waals surface area contributed by atoms with Gasteiger partial charge in [-0.05, 0) is 43.2 Å². The number of aromatic nitrogens is 2. The van der Waals surface area contributed by atoms with Gasteiger partial charge in [-0.15, -0.1) is 0 Å². The van der Waals surface area contributed by atoms with E-state index in [0.29, 0.717) is 41.3 Å². The molecule has 0 radical (unpaired) electrons. The highest BCUT2D eigenvalue weighted by atomic mass is 16.2. The van der Waals surface area contributed by atoms with E-state index in [1.807, 2.05) is 23.1 Å². The molecule has 6 heteroatoms. The zero-order chi connectivity index (χ0) is 17.7. The molecule has 5 rings (SSSR count). The highest BCUT2D eigenvalue weighted by molar-refractivity contribution is 6.04. The number of amides is 2. The maximum atomic E-state index is 13.2. The van der Waals surface area contributed by atoms with E-state index in [4.69, 9.17) is 0 Å². The quantitative estimate of drug-likeness (QED) is 0.790. The maximum absolute atomic E-state index is 13.2. The van der Waals surface area contributed by atoms with Crippen molar-refractivity contribution in [3.63, 3.8) is 0 Å². The van der Waals surface area contributed by atoms with E-state index in [0.717, 1.165) is 44.4 Å². The Kier molecular flexibility index (Phi) is 3.65. The number of para-hydroxylation sites is 1. The fourth-order valence-electron chi connectivity index (χ4n) is 5.11. The van der Waals surface area contributed by atoms with Crippen LogP contribution in [0, 0.1) is 11.8 Å². The van der Waals surface area contributed by atoms with Crippen LogP contribution in [-0.4, -0.2) is 57.3 Å². The lowest BCUT2D eigenvalue weighted by atomic mass is 9.76. The summed E-state index contributed by atoms with van der Waals surface area (Å²) in [7, 11) is 0. The molecule has 134 valence electrons. The third kappa shape index (κ3) is 2.47. The van der Waals surface area contributed by atoms with Crippen molar-refractivity contribution in [1.82, 2.24) is 19.8 Å². The largest absolute Gasteiger partial charge is 0.339 e. The van der Waals surface area contributed by atoms with Crippen LogP contribution in [0.3, 0.4) is 0 Å². The van der Waals surface area contributed by atoms with Gasteiger partial charge in [0.2, 0.25) is 5.91 Å². The third-order valence-electron chi connectivity index (χ3n) is 6.20. The van der Waals surface area contributed by atoms with Gasteiger partial charge in [0.05, 0.1) is 11.1 Å². The smallest absolute Gasteiger partial charge is 0.256 e. The lowest BCUT2D eigenvalue weighted by molar-refractivity contribution is -0.144. The molecule has 3 aliphatic rings. The number of benzene rings is 1. The van der Waals surface area contributed by atoms with Crippen molar-refractivity contribution >= 4 is 22.8 Å². The Morgan fingerprint density at radius 1 is 1.12 bits per heavy atom. The molecule has 1 aromatic heterocycles. The molecule has 0 N–H and O–H groups in total. The molecule has 6 nitrogen and oxygen atoms in total. The van der Waals surface area contributed by atoms with E-state index in [9.17, 15) is 9.59 Å². The molecule has 2 amide bonds. The zero-order valence-electron chi connectivity index (χ0n) is 14.7. The topological polar surface area (TPSA) is 66.4 Å². The molecule has 0 unspecified atom stereocenters. The van der Waals surface area contributed by atoms with Crippen molar-refractivity contribution in [2.75, 3.05) is 19.6 Å². The Balaban J connectivity index is 1.43. The number of rotatable bonds is 1. The fourth-order valence-corrected chi connectivity index (χ4v) is 5.11. The van der Waals surface area contributed by atoms with Crippen LogP contribution in [0.15, 0.2) is 30.6 Å². The highest BCUT2D eigenvalue weighted by Crippen LogP contribution is 2.38. The monoisotopic (exact) mass is 350 g/mol. The van der Waals surface area contributed by atoms with Crippen molar-refractivity contribution in [2.45, 2.75) is 31.7 Å². The van der Waals surface area contributed by atoms with Gasteiger partial charge in [0.15, 0.2) is 0 Å². The first-order valence-corrected chi connectivity index (χ1v) is 9.49. The third-order valence-corrected chi connectivity index (χ3v) is 6.20. The first-order chi connectivity index (χ1) is 12.7. The lowest BCUT2D eigenvalue weighted by Gasteiger charge is -2.52. The molecule has 3 fully saturated rings. The zero-order valence-corrected chi connectivity index (χ0v) is 14.7. The second-order valence-electron chi connectivity index (χ2n) is 7.81. The molecule has 2 aromatic rings. The molecular weight excluding hydrogens is 328 g/mol. The van der Waals surface area contributed by atoms with Gasteiger partial charge in [-0.1, -0.05) is 6.07 Å². The van der Waals surface area contributed by atoms with E-state index in [2.05, 4.69) is 14.9 Å². The number of piperidine rings is 3. The van der Waals surface area contributed by atoms with Gasteiger partial charge in [0.1, 0.15) is 5.52 Å². The minimum atomic E-state index is 0.0429.